The first-order valence-corrected chi connectivity index (χ1v) is 12.1. The molecule has 36 heavy (non-hydrogen) atoms. The van der Waals surface area contributed by atoms with E-state index in [1.807, 2.05) is 0 Å². The molecule has 0 spiro atoms. The predicted octanol–water partition coefficient (Wildman–Crippen LogP) is 3.13. The first-order valence-electron chi connectivity index (χ1n) is 9.90. The van der Waals surface area contributed by atoms with Gasteiger partial charge in [-0.15, -0.1) is 0 Å². The van der Waals surface area contributed by atoms with E-state index in [0.29, 0.717) is 17.5 Å². The largest absolute Gasteiger partial charge is 0.507 e. The molecule has 1 heterocycles. The van der Waals surface area contributed by atoms with Gasteiger partial charge in [0.25, 0.3) is 12.0 Å². The van der Waals surface area contributed by atoms with Gasteiger partial charge in [-0.1, -0.05) is 23.2 Å². The molecule has 1 aromatic heterocycles. The molecule has 3 aromatic rings. The van der Waals surface area contributed by atoms with Gasteiger partial charge in [-0.3, -0.25) is 14.8 Å². The Kier molecular flexibility index (Phi) is 6.64. The molecule has 1 aliphatic carbocycles. The van der Waals surface area contributed by atoms with Crippen molar-refractivity contribution in [2.75, 3.05) is 0 Å². The molecule has 3 N–H and O–H groups in total. The van der Waals surface area contributed by atoms with Crippen molar-refractivity contribution in [2.45, 2.75) is 29.8 Å². The van der Waals surface area contributed by atoms with Crippen LogP contribution in [-0.4, -0.2) is 40.7 Å². The highest BCUT2D eigenvalue weighted by molar-refractivity contribution is 7.89. The number of halogens is 4. The van der Waals surface area contributed by atoms with E-state index in [1.165, 1.54) is 6.07 Å². The number of ether oxygens (including phenoxy) is 1. The third kappa shape index (κ3) is 4.97. The van der Waals surface area contributed by atoms with E-state index in [-0.39, 0.29) is 27.2 Å². The first kappa shape index (κ1) is 25.8. The lowest BCUT2D eigenvalue weighted by Gasteiger charge is -2.16. The van der Waals surface area contributed by atoms with Crippen LogP contribution in [0.3, 0.4) is 0 Å². The summed E-state index contributed by atoms with van der Waals surface area (Å²) >= 11 is 12.4. The van der Waals surface area contributed by atoms with Crippen LogP contribution in [0.25, 0.3) is 5.69 Å². The molecular formula is C20H15Cl2F2N5O6S. The fourth-order valence-electron chi connectivity index (χ4n) is 3.10. The normalized spacial score (nSPS) is 14.6. The quantitative estimate of drug-likeness (QED) is 0.356. The summed E-state index contributed by atoms with van der Waals surface area (Å²) in [6, 6.07) is 5.57. The van der Waals surface area contributed by atoms with Crippen LogP contribution in [0.1, 0.15) is 25.0 Å². The van der Waals surface area contributed by atoms with Crippen LogP contribution < -0.4 is 20.7 Å². The summed E-state index contributed by atoms with van der Waals surface area (Å²) < 4.78 is 60.0. The molecule has 16 heteroatoms. The van der Waals surface area contributed by atoms with Crippen molar-refractivity contribution in [1.82, 2.24) is 19.5 Å². The van der Waals surface area contributed by atoms with Gasteiger partial charge in [-0.05, 0) is 43.8 Å². The summed E-state index contributed by atoms with van der Waals surface area (Å²) in [5.41, 5.74) is -4.83. The molecule has 0 bridgehead atoms. The second-order valence-electron chi connectivity index (χ2n) is 7.62. The summed E-state index contributed by atoms with van der Waals surface area (Å²) in [7, 11) is -4.21. The number of nitrogens with one attached hydrogen (secondary N) is 2. The average Bonchev–Trinajstić information content (AvgIpc) is 3.56. The molecule has 2 aromatic carbocycles. The predicted molar refractivity (Wildman–Crippen MR) is 125 cm³/mol. The van der Waals surface area contributed by atoms with Crippen molar-refractivity contribution in [3.05, 3.63) is 66.9 Å². The van der Waals surface area contributed by atoms with E-state index in [2.05, 4.69) is 21.5 Å². The Morgan fingerprint density at radius 1 is 1.22 bits per heavy atom. The second kappa shape index (κ2) is 9.28. The van der Waals surface area contributed by atoms with Gasteiger partial charge in [-0.2, -0.15) is 14.5 Å². The highest BCUT2D eigenvalue weighted by Crippen LogP contribution is 2.41. The topological polar surface area (TPSA) is 156 Å². The summed E-state index contributed by atoms with van der Waals surface area (Å²) in [5, 5.41) is 13.1. The van der Waals surface area contributed by atoms with Crippen LogP contribution in [0.4, 0.5) is 8.78 Å². The maximum atomic E-state index is 13.0. The highest BCUT2D eigenvalue weighted by atomic mass is 35.5. The first-order chi connectivity index (χ1) is 16.9. The number of phenolic OH excluding ortho intramolecular Hbond substituents is 1. The van der Waals surface area contributed by atoms with Crippen LogP contribution >= 0.6 is 23.2 Å². The van der Waals surface area contributed by atoms with E-state index in [4.69, 9.17) is 27.9 Å². The summed E-state index contributed by atoms with van der Waals surface area (Å²) in [6.07, 6.45) is -2.34. The van der Waals surface area contributed by atoms with E-state index in [1.54, 1.807) is 4.98 Å². The van der Waals surface area contributed by atoms with Crippen molar-refractivity contribution in [1.29, 1.82) is 0 Å². The number of aliphatic imine (C=N–C) groups is 1. The molecule has 1 saturated carbocycles. The van der Waals surface area contributed by atoms with E-state index in [9.17, 15) is 31.9 Å². The summed E-state index contributed by atoms with van der Waals surface area (Å²) in [4.78, 5) is 28.6. The number of hydrogen-bond acceptors (Lipinski definition) is 8. The number of aromatic nitrogens is 3. The van der Waals surface area contributed by atoms with Gasteiger partial charge in [0, 0.05) is 6.07 Å². The Balaban J connectivity index is 1.69. The van der Waals surface area contributed by atoms with Crippen molar-refractivity contribution >= 4 is 39.9 Å². The lowest BCUT2D eigenvalue weighted by Crippen LogP contribution is -2.35. The molecule has 4 rings (SSSR count). The molecule has 190 valence electrons. The Morgan fingerprint density at radius 3 is 2.42 bits per heavy atom. The molecule has 0 saturated heterocycles. The minimum absolute atomic E-state index is 0.0829. The van der Waals surface area contributed by atoms with Crippen LogP contribution in [0.2, 0.25) is 10.0 Å². The standard InChI is InChI=1S/C20H15Cl2F2N5O6S/c1-25-20(4-5-20)28-36(33,34)14-8-10(2-3-13(14)30)35-16-11(21)6-9(7-12(16)22)29-19(32)26-18(31)15(27-29)17(23)24/h2-3,6-8,17,28,30H,1,4-5H2,(H,26,31,32). The number of hydrogen-bond donors (Lipinski definition) is 3. The van der Waals surface area contributed by atoms with Crippen LogP contribution in [-0.2, 0) is 10.0 Å². The maximum absolute atomic E-state index is 13.0. The molecule has 1 fully saturated rings. The number of nitrogens with zero attached hydrogens (tertiary/aromatic N) is 3. The number of sulfonamides is 1. The van der Waals surface area contributed by atoms with Gasteiger partial charge < -0.3 is 9.84 Å². The molecular weight excluding hydrogens is 547 g/mol. The Morgan fingerprint density at radius 2 is 1.86 bits per heavy atom. The smallest absolute Gasteiger partial charge is 0.349 e. The zero-order valence-corrected chi connectivity index (χ0v) is 20.2. The van der Waals surface area contributed by atoms with Crippen molar-refractivity contribution in [3.8, 4) is 22.9 Å². The van der Waals surface area contributed by atoms with Gasteiger partial charge in [0.05, 0.1) is 15.7 Å². The van der Waals surface area contributed by atoms with Crippen LogP contribution in [0, 0.1) is 0 Å². The number of benzene rings is 2. The lowest BCUT2D eigenvalue weighted by atomic mass is 10.3. The minimum atomic E-state index is -4.21. The Hall–Kier alpha value is -3.33. The van der Waals surface area contributed by atoms with Crippen LogP contribution in [0.5, 0.6) is 17.2 Å². The number of H-pyrrole nitrogens is 1. The number of rotatable bonds is 8. The summed E-state index contributed by atoms with van der Waals surface area (Å²) in [6.45, 7) is 3.37. The van der Waals surface area contributed by atoms with Gasteiger partial charge in [0.2, 0.25) is 10.0 Å². The van der Waals surface area contributed by atoms with E-state index in [0.717, 1.165) is 24.3 Å². The maximum Gasteiger partial charge on any atom is 0.349 e. The van der Waals surface area contributed by atoms with Gasteiger partial charge in [0.1, 0.15) is 22.1 Å². The van der Waals surface area contributed by atoms with Crippen molar-refractivity contribution in [2.24, 2.45) is 4.99 Å². The fourth-order valence-corrected chi connectivity index (χ4v) is 5.15. The highest BCUT2D eigenvalue weighted by Gasteiger charge is 2.46. The van der Waals surface area contributed by atoms with Crippen LogP contribution in [0.15, 0.2) is 49.8 Å². The molecule has 11 nitrogen and oxygen atoms in total. The third-order valence-electron chi connectivity index (χ3n) is 5.08. The zero-order chi connectivity index (χ0) is 26.4. The summed E-state index contributed by atoms with van der Waals surface area (Å²) in [5.74, 6) is -0.817. The van der Waals surface area contributed by atoms with Crippen molar-refractivity contribution < 1.29 is 27.0 Å². The molecule has 1 aliphatic rings. The zero-order valence-electron chi connectivity index (χ0n) is 17.8. The Labute approximate surface area is 211 Å². The van der Waals surface area contributed by atoms with Gasteiger partial charge in [-0.25, -0.2) is 22.0 Å². The second-order valence-corrected chi connectivity index (χ2v) is 10.1. The van der Waals surface area contributed by atoms with E-state index < -0.39 is 49.7 Å². The SMILES string of the molecule is C=NC1(NS(=O)(=O)c2cc(Oc3c(Cl)cc(-n4nc(C(F)F)c(=O)[nH]c4=O)cc3Cl)ccc2O)CC1. The molecule has 0 aliphatic heterocycles. The number of phenols is 1. The minimum Gasteiger partial charge on any atom is -0.507 e. The average molecular weight is 562 g/mol. The Bertz CT molecular complexity index is 1580. The molecule has 0 atom stereocenters. The fraction of sp³-hybridized carbons (Fsp3) is 0.200. The van der Waals surface area contributed by atoms with E-state index >= 15 is 0 Å². The van der Waals surface area contributed by atoms with Gasteiger partial charge >= 0.3 is 5.69 Å². The monoisotopic (exact) mass is 561 g/mol. The number of alkyl halides is 2. The van der Waals surface area contributed by atoms with Crippen molar-refractivity contribution in [3.63, 3.8) is 0 Å². The molecule has 0 unspecified atom stereocenters. The molecule has 0 radical (unpaired) electrons. The third-order valence-corrected chi connectivity index (χ3v) is 7.20. The number of aromatic amines is 1. The molecule has 0 amide bonds. The van der Waals surface area contributed by atoms with Gasteiger partial charge in [0.15, 0.2) is 11.4 Å². The number of aromatic hydroxyl groups is 1. The lowest BCUT2D eigenvalue weighted by molar-refractivity contribution is 0.141.